The van der Waals surface area contributed by atoms with E-state index in [9.17, 15) is 4.79 Å². The summed E-state index contributed by atoms with van der Waals surface area (Å²) in [6.07, 6.45) is 4.87. The van der Waals surface area contributed by atoms with Crippen LogP contribution in [0.25, 0.3) is 0 Å². The summed E-state index contributed by atoms with van der Waals surface area (Å²) < 4.78 is 0. The maximum atomic E-state index is 12.5. The van der Waals surface area contributed by atoms with Crippen molar-refractivity contribution in [3.05, 3.63) is 45.4 Å². The molecule has 1 N–H and O–H groups in total. The van der Waals surface area contributed by atoms with E-state index in [2.05, 4.69) is 34.3 Å². The Morgan fingerprint density at radius 2 is 1.92 bits per heavy atom. The number of nitrogens with zero attached hydrogens (tertiary/aromatic N) is 2. The number of aromatic nitrogens is 1. The lowest BCUT2D eigenvalue weighted by molar-refractivity contribution is 0.103. The highest BCUT2D eigenvalue weighted by atomic mass is 32.1. The Bertz CT molecular complexity index is 687. The lowest BCUT2D eigenvalue weighted by Crippen LogP contribution is -2.28. The molecule has 1 saturated heterocycles. The molecule has 1 aromatic carbocycles. The summed E-state index contributed by atoms with van der Waals surface area (Å²) in [5.74, 6) is -0.0563. The second-order valence-corrected chi connectivity index (χ2v) is 7.45. The predicted octanol–water partition coefficient (Wildman–Crippen LogP) is 4.25. The van der Waals surface area contributed by atoms with Gasteiger partial charge in [0.2, 0.25) is 0 Å². The van der Waals surface area contributed by atoms with Gasteiger partial charge in [0, 0.05) is 5.69 Å². The fraction of sp³-hybridized carbons (Fsp3) is 0.474. The van der Waals surface area contributed by atoms with Crippen molar-refractivity contribution < 1.29 is 4.79 Å². The molecule has 24 heavy (non-hydrogen) atoms. The van der Waals surface area contributed by atoms with Crippen molar-refractivity contribution in [1.29, 1.82) is 0 Å². The first-order valence-electron chi connectivity index (χ1n) is 8.74. The van der Waals surface area contributed by atoms with Crippen molar-refractivity contribution in [2.75, 3.05) is 18.4 Å². The number of amides is 1. The molecule has 0 aliphatic carbocycles. The molecule has 1 aliphatic rings. The first-order valence-corrected chi connectivity index (χ1v) is 9.56. The van der Waals surface area contributed by atoms with Gasteiger partial charge in [-0.05, 0) is 57.0 Å². The van der Waals surface area contributed by atoms with Gasteiger partial charge in [0.05, 0.1) is 12.2 Å². The Morgan fingerprint density at radius 3 is 2.58 bits per heavy atom. The van der Waals surface area contributed by atoms with Crippen LogP contribution >= 0.6 is 11.3 Å². The van der Waals surface area contributed by atoms with E-state index in [1.807, 2.05) is 19.1 Å². The van der Waals surface area contributed by atoms with Crippen molar-refractivity contribution in [1.82, 2.24) is 9.88 Å². The third-order valence-corrected chi connectivity index (χ3v) is 5.62. The Labute approximate surface area is 147 Å². The van der Waals surface area contributed by atoms with Gasteiger partial charge >= 0.3 is 0 Å². The molecular weight excluding hydrogens is 318 g/mol. The minimum atomic E-state index is -0.0563. The largest absolute Gasteiger partial charge is 0.321 e. The van der Waals surface area contributed by atoms with E-state index >= 15 is 0 Å². The Kier molecular flexibility index (Phi) is 5.63. The van der Waals surface area contributed by atoms with Crippen LogP contribution in [0.2, 0.25) is 0 Å². The van der Waals surface area contributed by atoms with Gasteiger partial charge in [0.1, 0.15) is 9.88 Å². The number of piperidine rings is 1. The van der Waals surface area contributed by atoms with Gasteiger partial charge < -0.3 is 5.32 Å². The topological polar surface area (TPSA) is 45.2 Å². The third-order valence-electron chi connectivity index (χ3n) is 4.47. The van der Waals surface area contributed by atoms with Crippen LogP contribution in [0.4, 0.5) is 5.69 Å². The fourth-order valence-electron chi connectivity index (χ4n) is 3.05. The molecule has 0 unspecified atom stereocenters. The Hall–Kier alpha value is -1.72. The van der Waals surface area contributed by atoms with Crippen LogP contribution in [-0.4, -0.2) is 28.9 Å². The molecule has 0 spiro atoms. The zero-order valence-corrected chi connectivity index (χ0v) is 15.3. The number of nitrogens with one attached hydrogen (secondary N) is 1. The standard InChI is InChI=1S/C19H25N3OS/c1-3-15-7-9-16(10-8-15)21-19(23)18-14(2)20-17(24-18)13-22-11-5-4-6-12-22/h7-10H,3-6,11-13H2,1-2H3,(H,21,23). The molecule has 1 aliphatic heterocycles. The number of hydrogen-bond donors (Lipinski definition) is 1. The highest BCUT2D eigenvalue weighted by Gasteiger charge is 2.18. The molecule has 0 radical (unpaired) electrons. The maximum absolute atomic E-state index is 12.5. The van der Waals surface area contributed by atoms with Gasteiger partial charge in [-0.25, -0.2) is 4.98 Å². The first-order chi connectivity index (χ1) is 11.7. The summed E-state index contributed by atoms with van der Waals surface area (Å²) in [4.78, 5) is 20.3. The number of carbonyl (C=O) groups excluding carboxylic acids is 1. The second-order valence-electron chi connectivity index (χ2n) is 6.36. The number of benzene rings is 1. The molecule has 0 atom stereocenters. The summed E-state index contributed by atoms with van der Waals surface area (Å²) >= 11 is 1.52. The Morgan fingerprint density at radius 1 is 1.21 bits per heavy atom. The summed E-state index contributed by atoms with van der Waals surface area (Å²) in [7, 11) is 0. The van der Waals surface area contributed by atoms with Gasteiger partial charge in [-0.1, -0.05) is 25.5 Å². The van der Waals surface area contributed by atoms with E-state index in [1.54, 1.807) is 0 Å². The number of carbonyl (C=O) groups is 1. The van der Waals surface area contributed by atoms with Crippen molar-refractivity contribution in [3.63, 3.8) is 0 Å². The van der Waals surface area contributed by atoms with Crippen molar-refractivity contribution in [2.24, 2.45) is 0 Å². The zero-order chi connectivity index (χ0) is 16.9. The summed E-state index contributed by atoms with van der Waals surface area (Å²) in [6.45, 7) is 7.20. The number of hydrogen-bond acceptors (Lipinski definition) is 4. The van der Waals surface area contributed by atoms with Crippen molar-refractivity contribution >= 4 is 22.9 Å². The van der Waals surface area contributed by atoms with Gasteiger partial charge in [-0.3, -0.25) is 9.69 Å². The van der Waals surface area contributed by atoms with Crippen molar-refractivity contribution in [2.45, 2.75) is 46.1 Å². The average molecular weight is 343 g/mol. The quantitative estimate of drug-likeness (QED) is 0.882. The van der Waals surface area contributed by atoms with Gasteiger partial charge in [-0.2, -0.15) is 0 Å². The fourth-order valence-corrected chi connectivity index (χ4v) is 4.05. The number of aryl methyl sites for hydroxylation is 2. The summed E-state index contributed by atoms with van der Waals surface area (Å²) in [6, 6.07) is 8.03. The molecule has 1 amide bonds. The van der Waals surface area contributed by atoms with E-state index in [1.165, 1.54) is 36.2 Å². The number of thiazole rings is 1. The normalized spacial score (nSPS) is 15.4. The molecule has 2 aromatic rings. The Balaban J connectivity index is 1.65. The minimum Gasteiger partial charge on any atom is -0.321 e. The van der Waals surface area contributed by atoms with Gasteiger partial charge in [-0.15, -0.1) is 11.3 Å². The lowest BCUT2D eigenvalue weighted by Gasteiger charge is -2.25. The second kappa shape index (κ2) is 7.90. The van der Waals surface area contributed by atoms with E-state index in [0.717, 1.165) is 47.3 Å². The smallest absolute Gasteiger partial charge is 0.267 e. The van der Waals surface area contributed by atoms with Crippen LogP contribution in [-0.2, 0) is 13.0 Å². The molecule has 4 nitrogen and oxygen atoms in total. The highest BCUT2D eigenvalue weighted by molar-refractivity contribution is 7.13. The number of anilines is 1. The van der Waals surface area contributed by atoms with Crippen LogP contribution in [0.1, 0.15) is 52.1 Å². The SMILES string of the molecule is CCc1ccc(NC(=O)c2sc(CN3CCCCC3)nc2C)cc1. The van der Waals surface area contributed by atoms with Gasteiger partial charge in [0.25, 0.3) is 5.91 Å². The average Bonchev–Trinajstić information content (AvgIpc) is 2.97. The minimum absolute atomic E-state index is 0.0563. The van der Waals surface area contributed by atoms with Gasteiger partial charge in [0.15, 0.2) is 0 Å². The number of rotatable bonds is 5. The van der Waals surface area contributed by atoms with Crippen LogP contribution in [0.15, 0.2) is 24.3 Å². The number of likely N-dealkylation sites (tertiary alicyclic amines) is 1. The van der Waals surface area contributed by atoms with Crippen LogP contribution in [0, 0.1) is 6.92 Å². The first kappa shape index (κ1) is 17.1. The van der Waals surface area contributed by atoms with E-state index in [4.69, 9.17) is 0 Å². The monoisotopic (exact) mass is 343 g/mol. The van der Waals surface area contributed by atoms with Crippen LogP contribution in [0.3, 0.4) is 0 Å². The highest BCUT2D eigenvalue weighted by Crippen LogP contribution is 2.22. The van der Waals surface area contributed by atoms with E-state index in [0.29, 0.717) is 0 Å². The van der Waals surface area contributed by atoms with E-state index in [-0.39, 0.29) is 5.91 Å². The van der Waals surface area contributed by atoms with Crippen LogP contribution < -0.4 is 5.32 Å². The molecule has 0 saturated carbocycles. The third kappa shape index (κ3) is 4.22. The molecule has 1 aromatic heterocycles. The molecule has 128 valence electrons. The maximum Gasteiger partial charge on any atom is 0.267 e. The zero-order valence-electron chi connectivity index (χ0n) is 14.5. The molecular formula is C19H25N3OS. The molecule has 2 heterocycles. The lowest BCUT2D eigenvalue weighted by atomic mass is 10.1. The molecule has 3 rings (SSSR count). The molecule has 5 heteroatoms. The van der Waals surface area contributed by atoms with Crippen LogP contribution in [0.5, 0.6) is 0 Å². The summed E-state index contributed by atoms with van der Waals surface area (Å²) in [5, 5.41) is 4.03. The summed E-state index contributed by atoms with van der Waals surface area (Å²) in [5.41, 5.74) is 2.93. The van der Waals surface area contributed by atoms with E-state index < -0.39 is 0 Å². The molecule has 1 fully saturated rings. The van der Waals surface area contributed by atoms with Crippen molar-refractivity contribution in [3.8, 4) is 0 Å². The molecule has 0 bridgehead atoms. The predicted molar refractivity (Wildman–Crippen MR) is 99.8 cm³/mol.